The molecule has 3 aromatic rings. The molecule has 1 unspecified atom stereocenters. The number of ether oxygens (including phenoxy) is 2. The molecule has 2 heterocycles. The highest BCUT2D eigenvalue weighted by molar-refractivity contribution is 5.88. The van der Waals surface area contributed by atoms with E-state index in [1.165, 1.54) is 18.3 Å². The summed E-state index contributed by atoms with van der Waals surface area (Å²) in [5, 5.41) is 9.63. The van der Waals surface area contributed by atoms with Gasteiger partial charge in [0.25, 0.3) is 0 Å². The highest BCUT2D eigenvalue weighted by Gasteiger charge is 2.31. The molecule has 0 bridgehead atoms. The van der Waals surface area contributed by atoms with Gasteiger partial charge in [-0.15, -0.1) is 0 Å². The first kappa shape index (κ1) is 22.5. The van der Waals surface area contributed by atoms with E-state index in [0.717, 1.165) is 36.3 Å². The molecule has 1 atom stereocenters. The lowest BCUT2D eigenvalue weighted by atomic mass is 10.0. The van der Waals surface area contributed by atoms with E-state index in [0.29, 0.717) is 30.2 Å². The zero-order valence-electron chi connectivity index (χ0n) is 18.6. The van der Waals surface area contributed by atoms with E-state index in [1.54, 1.807) is 20.3 Å². The third-order valence-corrected chi connectivity index (χ3v) is 5.93. The molecule has 7 nitrogen and oxygen atoms in total. The van der Waals surface area contributed by atoms with Crippen LogP contribution in [0, 0.1) is 5.82 Å². The molecular weight excluding hydrogens is 425 g/mol. The van der Waals surface area contributed by atoms with Crippen molar-refractivity contribution in [2.75, 3.05) is 25.7 Å². The first-order chi connectivity index (χ1) is 16.0. The minimum Gasteiger partial charge on any atom is -0.497 e. The van der Waals surface area contributed by atoms with Crippen molar-refractivity contribution < 1.29 is 23.8 Å². The Morgan fingerprint density at radius 1 is 1.18 bits per heavy atom. The fourth-order valence-electron chi connectivity index (χ4n) is 4.29. The minimum absolute atomic E-state index is 0.00222. The largest absolute Gasteiger partial charge is 0.497 e. The van der Waals surface area contributed by atoms with E-state index in [2.05, 4.69) is 14.9 Å². The molecule has 0 spiro atoms. The molecule has 8 heteroatoms. The molecule has 0 radical (unpaired) electrons. The summed E-state index contributed by atoms with van der Waals surface area (Å²) in [5.74, 6) is 0.518. The second-order valence-electron chi connectivity index (χ2n) is 7.92. The minimum atomic E-state index is -1.08. The number of aromatic carboxylic acids is 1. The van der Waals surface area contributed by atoms with E-state index in [1.807, 2.05) is 24.3 Å². The summed E-state index contributed by atoms with van der Waals surface area (Å²) in [6, 6.07) is 12.0. The number of nitrogens with zero attached hydrogens (tertiary/aromatic N) is 3. The lowest BCUT2D eigenvalue weighted by Crippen LogP contribution is -2.26. The molecular formula is C25H26FN3O4. The van der Waals surface area contributed by atoms with Crippen molar-refractivity contribution in [2.24, 2.45) is 0 Å². The van der Waals surface area contributed by atoms with Crippen LogP contribution in [-0.4, -0.2) is 41.8 Å². The number of aromatic nitrogens is 2. The summed E-state index contributed by atoms with van der Waals surface area (Å²) >= 11 is 0. The SMILES string of the molecule is COc1ccc(C2CCCN2c2ncc(C(=O)O)c(CCc3cccc(F)c3)n2)c(OC)c1. The predicted molar refractivity (Wildman–Crippen MR) is 122 cm³/mol. The monoisotopic (exact) mass is 451 g/mol. The Morgan fingerprint density at radius 3 is 2.76 bits per heavy atom. The maximum absolute atomic E-state index is 13.5. The Labute approximate surface area is 191 Å². The highest BCUT2D eigenvalue weighted by Crippen LogP contribution is 2.40. The van der Waals surface area contributed by atoms with Gasteiger partial charge in [0.05, 0.1) is 31.5 Å². The third-order valence-electron chi connectivity index (χ3n) is 5.93. The van der Waals surface area contributed by atoms with Gasteiger partial charge >= 0.3 is 5.97 Å². The predicted octanol–water partition coefficient (Wildman–Crippen LogP) is 4.46. The lowest BCUT2D eigenvalue weighted by molar-refractivity contribution is 0.0694. The number of carbonyl (C=O) groups is 1. The summed E-state index contributed by atoms with van der Waals surface area (Å²) in [6.07, 6.45) is 4.05. The maximum atomic E-state index is 13.5. The van der Waals surface area contributed by atoms with Crippen LogP contribution in [-0.2, 0) is 12.8 Å². The van der Waals surface area contributed by atoms with Crippen molar-refractivity contribution in [1.29, 1.82) is 0 Å². The fourth-order valence-corrected chi connectivity index (χ4v) is 4.29. The van der Waals surface area contributed by atoms with Crippen molar-refractivity contribution >= 4 is 11.9 Å². The fraction of sp³-hybridized carbons (Fsp3) is 0.320. The summed E-state index contributed by atoms with van der Waals surface area (Å²) in [4.78, 5) is 22.9. The van der Waals surface area contributed by atoms with Gasteiger partial charge in [-0.25, -0.2) is 19.2 Å². The van der Waals surface area contributed by atoms with Gasteiger partial charge in [-0.1, -0.05) is 12.1 Å². The van der Waals surface area contributed by atoms with Gasteiger partial charge in [-0.3, -0.25) is 0 Å². The number of aryl methyl sites for hydroxylation is 2. The summed E-state index contributed by atoms with van der Waals surface area (Å²) in [5.41, 5.74) is 2.29. The highest BCUT2D eigenvalue weighted by atomic mass is 19.1. The van der Waals surface area contributed by atoms with Crippen molar-refractivity contribution in [3.05, 3.63) is 76.9 Å². The first-order valence-electron chi connectivity index (χ1n) is 10.8. The van der Waals surface area contributed by atoms with E-state index >= 15 is 0 Å². The van der Waals surface area contributed by atoms with Crippen LogP contribution in [0.4, 0.5) is 10.3 Å². The third kappa shape index (κ3) is 4.89. The van der Waals surface area contributed by atoms with Crippen LogP contribution in [0.15, 0.2) is 48.7 Å². The normalized spacial score (nSPS) is 15.5. The Bertz CT molecular complexity index is 1150. The van der Waals surface area contributed by atoms with Crippen LogP contribution in [0.2, 0.25) is 0 Å². The zero-order chi connectivity index (χ0) is 23.4. The molecule has 172 valence electrons. The van der Waals surface area contributed by atoms with Crippen LogP contribution in [0.3, 0.4) is 0 Å². The molecule has 0 amide bonds. The number of carboxylic acid groups (broad SMARTS) is 1. The first-order valence-corrected chi connectivity index (χ1v) is 10.8. The maximum Gasteiger partial charge on any atom is 0.339 e. The van der Waals surface area contributed by atoms with Crippen LogP contribution in [0.25, 0.3) is 0 Å². The molecule has 1 aliphatic heterocycles. The van der Waals surface area contributed by atoms with Crippen LogP contribution >= 0.6 is 0 Å². The van der Waals surface area contributed by atoms with Gasteiger partial charge < -0.3 is 19.5 Å². The topological polar surface area (TPSA) is 84.8 Å². The van der Waals surface area contributed by atoms with Gasteiger partial charge in [0, 0.05) is 24.4 Å². The second kappa shape index (κ2) is 9.85. The Hall–Kier alpha value is -3.68. The molecule has 1 aromatic heterocycles. The number of benzene rings is 2. The average Bonchev–Trinajstić information content (AvgIpc) is 3.31. The van der Waals surface area contributed by atoms with Crippen molar-refractivity contribution in [3.8, 4) is 11.5 Å². The van der Waals surface area contributed by atoms with Crippen LogP contribution in [0.1, 0.15) is 46.1 Å². The van der Waals surface area contributed by atoms with Crippen molar-refractivity contribution in [1.82, 2.24) is 9.97 Å². The molecule has 4 rings (SSSR count). The number of hydrogen-bond acceptors (Lipinski definition) is 6. The zero-order valence-corrected chi connectivity index (χ0v) is 18.6. The van der Waals surface area contributed by atoms with E-state index in [-0.39, 0.29) is 17.4 Å². The number of halogens is 1. The smallest absolute Gasteiger partial charge is 0.339 e. The van der Waals surface area contributed by atoms with Gasteiger partial charge in [0.15, 0.2) is 0 Å². The molecule has 1 saturated heterocycles. The molecule has 1 fully saturated rings. The van der Waals surface area contributed by atoms with Gasteiger partial charge in [0.2, 0.25) is 5.95 Å². The van der Waals surface area contributed by atoms with E-state index in [4.69, 9.17) is 9.47 Å². The van der Waals surface area contributed by atoms with Gasteiger partial charge in [0.1, 0.15) is 17.3 Å². The van der Waals surface area contributed by atoms with Crippen molar-refractivity contribution in [2.45, 2.75) is 31.7 Å². The van der Waals surface area contributed by atoms with Gasteiger partial charge in [-0.2, -0.15) is 0 Å². The number of methoxy groups -OCH3 is 2. The molecule has 0 aliphatic carbocycles. The van der Waals surface area contributed by atoms with Gasteiger partial charge in [-0.05, 0) is 55.5 Å². The standard InChI is InChI=1S/C25H26FN3O4/c1-32-18-9-10-19(23(14-18)33-2)22-7-4-12-29(22)25-27-15-20(24(30)31)21(28-25)11-8-16-5-3-6-17(26)13-16/h3,5-6,9-10,13-15,22H,4,7-8,11-12H2,1-2H3,(H,30,31). The number of anilines is 1. The second-order valence-corrected chi connectivity index (χ2v) is 7.92. The van der Waals surface area contributed by atoms with E-state index < -0.39 is 5.97 Å². The molecule has 0 saturated carbocycles. The number of rotatable bonds is 8. The van der Waals surface area contributed by atoms with Crippen LogP contribution in [0.5, 0.6) is 11.5 Å². The average molecular weight is 451 g/mol. The van der Waals surface area contributed by atoms with Crippen molar-refractivity contribution in [3.63, 3.8) is 0 Å². The Balaban J connectivity index is 1.64. The van der Waals surface area contributed by atoms with Crippen LogP contribution < -0.4 is 14.4 Å². The molecule has 1 aliphatic rings. The Morgan fingerprint density at radius 2 is 2.03 bits per heavy atom. The molecule has 33 heavy (non-hydrogen) atoms. The molecule has 1 N–H and O–H groups in total. The summed E-state index contributed by atoms with van der Waals surface area (Å²) in [7, 11) is 3.24. The lowest BCUT2D eigenvalue weighted by Gasteiger charge is -2.27. The quantitative estimate of drug-likeness (QED) is 0.541. The summed E-state index contributed by atoms with van der Waals surface area (Å²) < 4.78 is 24.4. The Kier molecular flexibility index (Phi) is 6.72. The summed E-state index contributed by atoms with van der Waals surface area (Å²) in [6.45, 7) is 0.746. The number of hydrogen-bond donors (Lipinski definition) is 1. The molecule has 2 aromatic carbocycles. The number of carboxylic acids is 1. The van der Waals surface area contributed by atoms with E-state index in [9.17, 15) is 14.3 Å².